The first kappa shape index (κ1) is 14.1. The summed E-state index contributed by atoms with van der Waals surface area (Å²) in [4.78, 5) is 3.55. The largest absolute Gasteiger partial charge is 0.454 e. The van der Waals surface area contributed by atoms with Crippen molar-refractivity contribution in [3.63, 3.8) is 0 Å². The third kappa shape index (κ3) is 2.09. The number of fused-ring (bicyclic) bond motifs is 4. The molecule has 0 aliphatic rings. The van der Waals surface area contributed by atoms with E-state index in [0.717, 1.165) is 39.0 Å². The van der Waals surface area contributed by atoms with Crippen LogP contribution in [-0.4, -0.2) is 4.98 Å². The fraction of sp³-hybridized carbons (Fsp3) is 0.0455. The lowest BCUT2D eigenvalue weighted by atomic mass is 10.1. The Morgan fingerprint density at radius 1 is 0.760 bits per heavy atom. The number of ether oxygens (including phenoxy) is 1. The fourth-order valence-electron chi connectivity index (χ4n) is 3.57. The minimum atomic E-state index is 0.835. The minimum Gasteiger partial charge on any atom is -0.454 e. The van der Waals surface area contributed by atoms with Crippen LogP contribution in [0.2, 0.25) is 0 Å². The minimum absolute atomic E-state index is 0.835. The standard InChI is InChI=1S/C22H16N2O/c1-24-19-14-8-6-12-17(19)22(25-15-9-3-2-4-10-15)20-21(24)16-11-5-7-13-18(16)23-20/h2-14H,1H3/p+1. The monoisotopic (exact) mass is 325 g/mol. The van der Waals surface area contributed by atoms with Crippen molar-refractivity contribution in [3.05, 3.63) is 78.9 Å². The van der Waals surface area contributed by atoms with Gasteiger partial charge in [-0.25, -0.2) is 0 Å². The Labute approximate surface area is 145 Å². The van der Waals surface area contributed by atoms with Crippen LogP contribution in [0.25, 0.3) is 32.8 Å². The predicted molar refractivity (Wildman–Crippen MR) is 101 cm³/mol. The van der Waals surface area contributed by atoms with Gasteiger partial charge in [-0.05, 0) is 30.3 Å². The summed E-state index contributed by atoms with van der Waals surface area (Å²) < 4.78 is 8.58. The van der Waals surface area contributed by atoms with Crippen molar-refractivity contribution in [2.75, 3.05) is 0 Å². The summed E-state index contributed by atoms with van der Waals surface area (Å²) in [5.74, 6) is 1.70. The Hall–Kier alpha value is -3.33. The number of para-hydroxylation sites is 3. The molecule has 120 valence electrons. The number of nitrogens with one attached hydrogen (secondary N) is 1. The van der Waals surface area contributed by atoms with Gasteiger partial charge in [0.2, 0.25) is 11.0 Å². The molecule has 0 spiro atoms. The Morgan fingerprint density at radius 2 is 1.44 bits per heavy atom. The summed E-state index contributed by atoms with van der Waals surface area (Å²) in [7, 11) is 2.11. The second kappa shape index (κ2) is 5.35. The van der Waals surface area contributed by atoms with Crippen molar-refractivity contribution in [3.8, 4) is 11.5 Å². The molecule has 0 amide bonds. The smallest absolute Gasteiger partial charge is 0.242 e. The third-order valence-electron chi connectivity index (χ3n) is 4.71. The number of hydrogen-bond donors (Lipinski definition) is 1. The van der Waals surface area contributed by atoms with E-state index in [1.54, 1.807) is 0 Å². The van der Waals surface area contributed by atoms with E-state index in [0.29, 0.717) is 0 Å². The van der Waals surface area contributed by atoms with Gasteiger partial charge in [-0.1, -0.05) is 42.5 Å². The number of H-pyrrole nitrogens is 1. The molecule has 3 aromatic carbocycles. The maximum Gasteiger partial charge on any atom is 0.242 e. The van der Waals surface area contributed by atoms with Crippen LogP contribution in [-0.2, 0) is 7.05 Å². The second-order valence-corrected chi connectivity index (χ2v) is 6.21. The molecular weight excluding hydrogens is 308 g/mol. The van der Waals surface area contributed by atoms with Gasteiger partial charge in [0.15, 0.2) is 11.3 Å². The molecule has 3 nitrogen and oxygen atoms in total. The number of hydrogen-bond acceptors (Lipinski definition) is 1. The molecule has 2 aromatic heterocycles. The number of nitrogens with zero attached hydrogens (tertiary/aromatic N) is 1. The van der Waals surface area contributed by atoms with E-state index in [-0.39, 0.29) is 0 Å². The summed E-state index contributed by atoms with van der Waals surface area (Å²) >= 11 is 0. The molecule has 0 saturated carbocycles. The molecule has 5 rings (SSSR count). The lowest BCUT2D eigenvalue weighted by Gasteiger charge is -2.09. The Balaban J connectivity index is 1.94. The maximum absolute atomic E-state index is 6.34. The van der Waals surface area contributed by atoms with Crippen molar-refractivity contribution < 1.29 is 9.30 Å². The van der Waals surface area contributed by atoms with Crippen molar-refractivity contribution in [1.82, 2.24) is 4.98 Å². The summed E-state index contributed by atoms with van der Waals surface area (Å²) in [6.07, 6.45) is 0. The van der Waals surface area contributed by atoms with Gasteiger partial charge in [0.1, 0.15) is 12.8 Å². The van der Waals surface area contributed by atoms with Crippen LogP contribution in [0.5, 0.6) is 11.5 Å². The molecule has 0 bridgehead atoms. The SMILES string of the molecule is C[n+]1c2ccccc2c(Oc2ccccc2)c2[nH]c3ccccc3c21. The zero-order valence-electron chi connectivity index (χ0n) is 13.9. The average Bonchev–Trinajstić information content (AvgIpc) is 3.06. The zero-order valence-corrected chi connectivity index (χ0v) is 13.9. The number of benzene rings is 3. The summed E-state index contributed by atoms with van der Waals surface area (Å²) in [5, 5.41) is 2.29. The van der Waals surface area contributed by atoms with E-state index in [4.69, 9.17) is 4.74 Å². The van der Waals surface area contributed by atoms with Gasteiger partial charge in [-0.15, -0.1) is 0 Å². The summed E-state index contributed by atoms with van der Waals surface area (Å²) in [5.41, 5.74) is 4.43. The highest BCUT2D eigenvalue weighted by Crippen LogP contribution is 2.37. The van der Waals surface area contributed by atoms with Gasteiger partial charge in [-0.2, -0.15) is 4.57 Å². The molecule has 1 N–H and O–H groups in total. The highest BCUT2D eigenvalue weighted by Gasteiger charge is 2.23. The molecule has 0 aliphatic heterocycles. The van der Waals surface area contributed by atoms with E-state index in [1.807, 2.05) is 30.3 Å². The number of aryl methyl sites for hydroxylation is 1. The highest BCUT2D eigenvalue weighted by atomic mass is 16.5. The van der Waals surface area contributed by atoms with Gasteiger partial charge in [0.05, 0.1) is 16.3 Å². The highest BCUT2D eigenvalue weighted by molar-refractivity contribution is 6.09. The maximum atomic E-state index is 6.34. The number of aromatic nitrogens is 2. The molecule has 0 unspecified atom stereocenters. The Bertz CT molecular complexity index is 1220. The van der Waals surface area contributed by atoms with Crippen LogP contribution in [0.1, 0.15) is 0 Å². The molecule has 5 aromatic rings. The molecule has 25 heavy (non-hydrogen) atoms. The van der Waals surface area contributed by atoms with Crippen LogP contribution < -0.4 is 9.30 Å². The van der Waals surface area contributed by atoms with Gasteiger partial charge in [-0.3, -0.25) is 0 Å². The van der Waals surface area contributed by atoms with Crippen molar-refractivity contribution >= 4 is 32.8 Å². The van der Waals surface area contributed by atoms with Crippen molar-refractivity contribution in [2.45, 2.75) is 0 Å². The molecule has 0 saturated heterocycles. The normalized spacial score (nSPS) is 11.4. The quantitative estimate of drug-likeness (QED) is 0.450. The lowest BCUT2D eigenvalue weighted by molar-refractivity contribution is -0.616. The van der Waals surface area contributed by atoms with Crippen LogP contribution in [0, 0.1) is 0 Å². The molecule has 0 atom stereocenters. The number of aromatic amines is 1. The summed E-state index contributed by atoms with van der Waals surface area (Å²) in [6, 6.07) is 26.7. The van der Waals surface area contributed by atoms with Crippen LogP contribution in [0.15, 0.2) is 78.9 Å². The molecule has 2 heterocycles. The molecule has 0 radical (unpaired) electrons. The Kier molecular flexibility index (Phi) is 3.01. The van der Waals surface area contributed by atoms with E-state index >= 15 is 0 Å². The van der Waals surface area contributed by atoms with Gasteiger partial charge in [0, 0.05) is 6.07 Å². The first-order valence-corrected chi connectivity index (χ1v) is 8.37. The third-order valence-corrected chi connectivity index (χ3v) is 4.71. The molecule has 0 fully saturated rings. The molecule has 3 heteroatoms. The second-order valence-electron chi connectivity index (χ2n) is 6.21. The molecule has 0 aliphatic carbocycles. The van der Waals surface area contributed by atoms with Crippen LogP contribution in [0.4, 0.5) is 0 Å². The van der Waals surface area contributed by atoms with E-state index in [9.17, 15) is 0 Å². The van der Waals surface area contributed by atoms with E-state index in [2.05, 4.69) is 65.1 Å². The first-order valence-electron chi connectivity index (χ1n) is 8.37. The number of pyridine rings is 1. The number of rotatable bonds is 2. The van der Waals surface area contributed by atoms with E-state index in [1.165, 1.54) is 5.39 Å². The summed E-state index contributed by atoms with van der Waals surface area (Å²) in [6.45, 7) is 0. The first-order chi connectivity index (χ1) is 12.3. The lowest BCUT2D eigenvalue weighted by Crippen LogP contribution is -2.30. The topological polar surface area (TPSA) is 28.9 Å². The molecular formula is C22H17N2O+. The Morgan fingerprint density at radius 3 is 2.28 bits per heavy atom. The average molecular weight is 325 g/mol. The van der Waals surface area contributed by atoms with Gasteiger partial charge < -0.3 is 9.72 Å². The van der Waals surface area contributed by atoms with Crippen molar-refractivity contribution in [2.24, 2.45) is 7.05 Å². The van der Waals surface area contributed by atoms with Gasteiger partial charge in [0.25, 0.3) is 0 Å². The van der Waals surface area contributed by atoms with Crippen LogP contribution in [0.3, 0.4) is 0 Å². The fourth-order valence-corrected chi connectivity index (χ4v) is 3.57. The van der Waals surface area contributed by atoms with E-state index < -0.39 is 0 Å². The predicted octanol–water partition coefficient (Wildman–Crippen LogP) is 5.09. The van der Waals surface area contributed by atoms with Crippen LogP contribution >= 0.6 is 0 Å². The van der Waals surface area contributed by atoms with Gasteiger partial charge >= 0.3 is 0 Å². The van der Waals surface area contributed by atoms with Crippen molar-refractivity contribution in [1.29, 1.82) is 0 Å². The zero-order chi connectivity index (χ0) is 16.8.